The predicted molar refractivity (Wildman–Crippen MR) is 63.8 cm³/mol. The summed E-state index contributed by atoms with van der Waals surface area (Å²) in [5, 5.41) is 7.95. The fourth-order valence-corrected chi connectivity index (χ4v) is 1.57. The van der Waals surface area contributed by atoms with Gasteiger partial charge in [0.15, 0.2) is 0 Å². The molecule has 0 fully saturated rings. The molecule has 0 aliphatic carbocycles. The van der Waals surface area contributed by atoms with E-state index in [1.165, 1.54) is 11.3 Å². The van der Waals surface area contributed by atoms with E-state index in [0.717, 1.165) is 12.2 Å². The molecule has 1 N–H and O–H groups in total. The van der Waals surface area contributed by atoms with E-state index in [1.54, 1.807) is 0 Å². The van der Waals surface area contributed by atoms with Crippen molar-refractivity contribution in [3.05, 3.63) is 17.0 Å². The van der Waals surface area contributed by atoms with Gasteiger partial charge in [-0.05, 0) is 26.7 Å². The Balaban J connectivity index is 2.65. The molecule has 15 heavy (non-hydrogen) atoms. The van der Waals surface area contributed by atoms with E-state index in [-0.39, 0.29) is 0 Å². The number of hydrogen-bond acceptors (Lipinski definition) is 2. The Morgan fingerprint density at radius 3 is 2.27 bits per heavy atom. The molecule has 0 aliphatic heterocycles. The van der Waals surface area contributed by atoms with Gasteiger partial charge in [-0.25, -0.2) is 0 Å². The molecule has 0 aliphatic rings. The van der Waals surface area contributed by atoms with Crippen LogP contribution < -0.4 is 5.32 Å². The average Bonchev–Trinajstić information content (AvgIpc) is 2.38. The molecule has 0 saturated carbocycles. The first-order chi connectivity index (χ1) is 6.93. The highest BCUT2D eigenvalue weighted by atomic mass is 15.3. The maximum absolute atomic E-state index is 4.41. The molecule has 3 nitrogen and oxygen atoms in total. The molecular formula is C12H23N3. The van der Waals surface area contributed by atoms with Gasteiger partial charge >= 0.3 is 0 Å². The van der Waals surface area contributed by atoms with E-state index in [4.69, 9.17) is 0 Å². The average molecular weight is 209 g/mol. The van der Waals surface area contributed by atoms with Crippen molar-refractivity contribution in [1.82, 2.24) is 15.1 Å². The Bertz CT molecular complexity index is 326. The molecule has 1 aromatic heterocycles. The maximum Gasteiger partial charge on any atom is 0.0641 e. The van der Waals surface area contributed by atoms with Gasteiger partial charge in [-0.3, -0.25) is 4.68 Å². The minimum Gasteiger partial charge on any atom is -0.310 e. The second-order valence-electron chi connectivity index (χ2n) is 4.69. The first-order valence-electron chi connectivity index (χ1n) is 5.66. The topological polar surface area (TPSA) is 29.9 Å². The van der Waals surface area contributed by atoms with Crippen molar-refractivity contribution in [3.63, 3.8) is 0 Å². The molecule has 0 amide bonds. The van der Waals surface area contributed by atoms with Gasteiger partial charge in [-0.15, -0.1) is 0 Å². The molecular weight excluding hydrogens is 186 g/mol. The van der Waals surface area contributed by atoms with Gasteiger partial charge in [0.05, 0.1) is 5.69 Å². The van der Waals surface area contributed by atoms with Gasteiger partial charge in [0.2, 0.25) is 0 Å². The van der Waals surface area contributed by atoms with Gasteiger partial charge < -0.3 is 5.32 Å². The summed E-state index contributed by atoms with van der Waals surface area (Å²) in [5.74, 6) is 0.669. The third kappa shape index (κ3) is 2.81. The molecule has 0 radical (unpaired) electrons. The van der Waals surface area contributed by atoms with Gasteiger partial charge in [0, 0.05) is 30.9 Å². The van der Waals surface area contributed by atoms with Crippen LogP contribution in [0.25, 0.3) is 0 Å². The first kappa shape index (κ1) is 12.2. The number of nitrogens with zero attached hydrogens (tertiary/aromatic N) is 2. The summed E-state index contributed by atoms with van der Waals surface area (Å²) < 4.78 is 1.95. The molecule has 86 valence electrons. The summed E-state index contributed by atoms with van der Waals surface area (Å²) in [4.78, 5) is 0. The van der Waals surface area contributed by atoms with E-state index >= 15 is 0 Å². The summed E-state index contributed by atoms with van der Waals surface area (Å²) >= 11 is 0. The van der Waals surface area contributed by atoms with Crippen molar-refractivity contribution >= 4 is 0 Å². The number of nitrogens with one attached hydrogen (secondary N) is 1. The SMILES string of the molecule is Cc1nn(C)c(C)c1CN[C@H](C)C(C)C. The van der Waals surface area contributed by atoms with Crippen LogP contribution in [-0.4, -0.2) is 15.8 Å². The lowest BCUT2D eigenvalue weighted by atomic mass is 10.1. The second-order valence-corrected chi connectivity index (χ2v) is 4.69. The normalized spacial score (nSPS) is 13.5. The highest BCUT2D eigenvalue weighted by Crippen LogP contribution is 2.12. The number of rotatable bonds is 4. The first-order valence-corrected chi connectivity index (χ1v) is 5.66. The predicted octanol–water partition coefficient (Wildman–Crippen LogP) is 2.17. The van der Waals surface area contributed by atoms with E-state index in [0.29, 0.717) is 12.0 Å². The van der Waals surface area contributed by atoms with Crippen LogP contribution in [0.5, 0.6) is 0 Å². The summed E-state index contributed by atoms with van der Waals surface area (Å²) in [6.45, 7) is 11.8. The third-order valence-corrected chi connectivity index (χ3v) is 3.26. The molecule has 1 atom stereocenters. The monoisotopic (exact) mass is 209 g/mol. The van der Waals surface area contributed by atoms with Crippen LogP contribution in [0.2, 0.25) is 0 Å². The van der Waals surface area contributed by atoms with Gasteiger partial charge in [-0.1, -0.05) is 13.8 Å². The van der Waals surface area contributed by atoms with Crippen LogP contribution in [0.1, 0.15) is 37.7 Å². The minimum atomic E-state index is 0.545. The van der Waals surface area contributed by atoms with Crippen molar-refractivity contribution in [2.75, 3.05) is 0 Å². The lowest BCUT2D eigenvalue weighted by Crippen LogP contribution is -2.30. The molecule has 0 aromatic carbocycles. The largest absolute Gasteiger partial charge is 0.310 e. The Labute approximate surface area is 92.9 Å². The highest BCUT2D eigenvalue weighted by molar-refractivity contribution is 5.24. The van der Waals surface area contributed by atoms with Crippen LogP contribution in [-0.2, 0) is 13.6 Å². The minimum absolute atomic E-state index is 0.545. The number of aryl methyl sites for hydroxylation is 2. The maximum atomic E-state index is 4.41. The molecule has 1 heterocycles. The molecule has 0 unspecified atom stereocenters. The highest BCUT2D eigenvalue weighted by Gasteiger charge is 2.11. The zero-order valence-corrected chi connectivity index (χ0v) is 10.8. The van der Waals surface area contributed by atoms with Crippen LogP contribution in [0, 0.1) is 19.8 Å². The van der Waals surface area contributed by atoms with Gasteiger partial charge in [0.1, 0.15) is 0 Å². The molecule has 0 spiro atoms. The van der Waals surface area contributed by atoms with Crippen LogP contribution >= 0.6 is 0 Å². The number of aromatic nitrogens is 2. The quantitative estimate of drug-likeness (QED) is 0.823. The second kappa shape index (κ2) is 4.79. The summed E-state index contributed by atoms with van der Waals surface area (Å²) in [6.07, 6.45) is 0. The van der Waals surface area contributed by atoms with E-state index in [9.17, 15) is 0 Å². The van der Waals surface area contributed by atoms with E-state index < -0.39 is 0 Å². The summed E-state index contributed by atoms with van der Waals surface area (Å²) in [5.41, 5.74) is 3.74. The number of hydrogen-bond donors (Lipinski definition) is 1. The summed E-state index contributed by atoms with van der Waals surface area (Å²) in [6, 6.07) is 0.545. The van der Waals surface area contributed by atoms with Crippen molar-refractivity contribution < 1.29 is 0 Å². The van der Waals surface area contributed by atoms with Crippen molar-refractivity contribution in [2.45, 2.75) is 47.2 Å². The zero-order valence-electron chi connectivity index (χ0n) is 10.8. The Morgan fingerprint density at radius 2 is 1.87 bits per heavy atom. The lowest BCUT2D eigenvalue weighted by Gasteiger charge is -2.17. The molecule has 3 heteroatoms. The summed E-state index contributed by atoms with van der Waals surface area (Å²) in [7, 11) is 2.00. The van der Waals surface area contributed by atoms with Crippen molar-refractivity contribution in [2.24, 2.45) is 13.0 Å². The zero-order chi connectivity index (χ0) is 11.6. The molecule has 0 saturated heterocycles. The smallest absolute Gasteiger partial charge is 0.0641 e. The van der Waals surface area contributed by atoms with Crippen LogP contribution in [0.3, 0.4) is 0 Å². The third-order valence-electron chi connectivity index (χ3n) is 3.26. The molecule has 0 bridgehead atoms. The van der Waals surface area contributed by atoms with Gasteiger partial charge in [-0.2, -0.15) is 5.10 Å². The Morgan fingerprint density at radius 1 is 1.27 bits per heavy atom. The molecule has 1 aromatic rings. The van der Waals surface area contributed by atoms with Crippen LogP contribution in [0.4, 0.5) is 0 Å². The Kier molecular flexibility index (Phi) is 3.91. The van der Waals surface area contributed by atoms with Crippen molar-refractivity contribution in [3.8, 4) is 0 Å². The standard InChI is InChI=1S/C12H23N3/c1-8(2)9(3)13-7-12-10(4)14-15(6)11(12)5/h8-9,13H,7H2,1-6H3/t9-/m1/s1. The van der Waals surface area contributed by atoms with E-state index in [2.05, 4.69) is 45.0 Å². The molecule has 1 rings (SSSR count). The fraction of sp³-hybridized carbons (Fsp3) is 0.750. The van der Waals surface area contributed by atoms with Gasteiger partial charge in [0.25, 0.3) is 0 Å². The fourth-order valence-electron chi connectivity index (χ4n) is 1.57. The lowest BCUT2D eigenvalue weighted by molar-refractivity contribution is 0.425. The van der Waals surface area contributed by atoms with E-state index in [1.807, 2.05) is 11.7 Å². The Hall–Kier alpha value is -0.830. The van der Waals surface area contributed by atoms with Crippen LogP contribution in [0.15, 0.2) is 0 Å². The van der Waals surface area contributed by atoms with Crippen molar-refractivity contribution in [1.29, 1.82) is 0 Å².